The van der Waals surface area contributed by atoms with Crippen LogP contribution in [0.15, 0.2) is 15.9 Å². The molecule has 3 heteroatoms. The molecule has 0 saturated carbocycles. The highest BCUT2D eigenvalue weighted by atomic mass is 79.9. The highest BCUT2D eigenvalue weighted by Gasteiger charge is 2.26. The first-order valence-electron chi connectivity index (χ1n) is 4.87. The van der Waals surface area contributed by atoms with E-state index in [1.54, 1.807) is 11.3 Å². The molecule has 0 aromatic carbocycles. The van der Waals surface area contributed by atoms with Gasteiger partial charge in [0.05, 0.1) is 6.10 Å². The van der Waals surface area contributed by atoms with Gasteiger partial charge in [-0.2, -0.15) is 0 Å². The van der Waals surface area contributed by atoms with E-state index >= 15 is 0 Å². The van der Waals surface area contributed by atoms with E-state index in [2.05, 4.69) is 36.7 Å². The summed E-state index contributed by atoms with van der Waals surface area (Å²) < 4.78 is 1.12. The van der Waals surface area contributed by atoms with Crippen molar-refractivity contribution >= 4 is 27.3 Å². The van der Waals surface area contributed by atoms with Crippen molar-refractivity contribution in [3.8, 4) is 0 Å². The van der Waals surface area contributed by atoms with Gasteiger partial charge in [-0.05, 0) is 39.2 Å². The second-order valence-electron chi connectivity index (χ2n) is 4.25. The van der Waals surface area contributed by atoms with E-state index in [0.29, 0.717) is 0 Å². The average molecular weight is 277 g/mol. The second-order valence-corrected chi connectivity index (χ2v) is 6.11. The maximum Gasteiger partial charge on any atom is 0.0639 e. The summed E-state index contributed by atoms with van der Waals surface area (Å²) in [5.74, 6) is 0. The molecule has 0 fully saturated rings. The predicted molar refractivity (Wildman–Crippen MR) is 65.8 cm³/mol. The zero-order chi connectivity index (χ0) is 10.8. The van der Waals surface area contributed by atoms with Gasteiger partial charge in [0, 0.05) is 15.8 Å². The predicted octanol–water partition coefficient (Wildman–Crippen LogP) is 3.85. The molecule has 1 nitrogen and oxygen atoms in total. The zero-order valence-corrected chi connectivity index (χ0v) is 11.3. The van der Waals surface area contributed by atoms with Gasteiger partial charge < -0.3 is 5.11 Å². The van der Waals surface area contributed by atoms with Crippen LogP contribution in [0.5, 0.6) is 0 Å². The second kappa shape index (κ2) is 4.77. The first-order valence-corrected chi connectivity index (χ1v) is 6.54. The number of aliphatic hydroxyl groups is 1. The number of rotatable bonds is 4. The first kappa shape index (κ1) is 12.2. The maximum absolute atomic E-state index is 10.1. The van der Waals surface area contributed by atoms with Crippen molar-refractivity contribution in [3.63, 3.8) is 0 Å². The van der Waals surface area contributed by atoms with Crippen LogP contribution in [-0.2, 0) is 6.42 Å². The Kier molecular flexibility index (Phi) is 4.16. The van der Waals surface area contributed by atoms with Crippen molar-refractivity contribution in [1.29, 1.82) is 0 Å². The highest BCUT2D eigenvalue weighted by Crippen LogP contribution is 2.31. The lowest BCUT2D eigenvalue weighted by Crippen LogP contribution is -2.30. The fourth-order valence-corrected chi connectivity index (χ4v) is 2.71. The number of hydrogen-bond acceptors (Lipinski definition) is 2. The van der Waals surface area contributed by atoms with Gasteiger partial charge in [0.15, 0.2) is 0 Å². The quantitative estimate of drug-likeness (QED) is 0.886. The summed E-state index contributed by atoms with van der Waals surface area (Å²) in [6.45, 7) is 6.34. The summed E-state index contributed by atoms with van der Waals surface area (Å²) in [7, 11) is 0. The average Bonchev–Trinajstić information content (AvgIpc) is 2.52. The fraction of sp³-hybridized carbons (Fsp3) is 0.636. The van der Waals surface area contributed by atoms with Gasteiger partial charge in [0.2, 0.25) is 0 Å². The minimum Gasteiger partial charge on any atom is -0.392 e. The van der Waals surface area contributed by atoms with Crippen molar-refractivity contribution in [2.45, 2.75) is 39.7 Å². The van der Waals surface area contributed by atoms with Crippen molar-refractivity contribution in [1.82, 2.24) is 0 Å². The van der Waals surface area contributed by atoms with Gasteiger partial charge in [0.1, 0.15) is 0 Å². The topological polar surface area (TPSA) is 20.2 Å². The number of hydrogen-bond donors (Lipinski definition) is 1. The largest absolute Gasteiger partial charge is 0.392 e. The van der Waals surface area contributed by atoms with E-state index in [1.165, 1.54) is 4.88 Å². The van der Waals surface area contributed by atoms with Crippen LogP contribution < -0.4 is 0 Å². The molecule has 0 aliphatic carbocycles. The van der Waals surface area contributed by atoms with Crippen molar-refractivity contribution in [2.24, 2.45) is 5.41 Å². The normalized spacial score (nSPS) is 14.4. The minimum absolute atomic E-state index is 0.00340. The lowest BCUT2D eigenvalue weighted by atomic mass is 9.82. The molecule has 1 N–H and O–H groups in total. The Bertz CT molecular complexity index is 293. The monoisotopic (exact) mass is 276 g/mol. The van der Waals surface area contributed by atoms with Gasteiger partial charge in [-0.1, -0.05) is 20.8 Å². The molecule has 1 aromatic heterocycles. The lowest BCUT2D eigenvalue weighted by molar-refractivity contribution is 0.0485. The van der Waals surface area contributed by atoms with Crippen molar-refractivity contribution in [2.75, 3.05) is 0 Å². The molecule has 0 saturated heterocycles. The molecule has 1 rings (SSSR count). The van der Waals surface area contributed by atoms with E-state index < -0.39 is 0 Å². The molecule has 0 amide bonds. The van der Waals surface area contributed by atoms with Gasteiger partial charge in [0.25, 0.3) is 0 Å². The van der Waals surface area contributed by atoms with Crippen molar-refractivity contribution < 1.29 is 5.11 Å². The summed E-state index contributed by atoms with van der Waals surface area (Å²) in [6, 6.07) is 2.03. The SMILES string of the molecule is CCC(C)(C)C(O)Cc1sccc1Br. The molecule has 1 unspecified atom stereocenters. The standard InChI is InChI=1S/C11H17BrOS/c1-4-11(2,3)10(13)7-9-8(12)5-6-14-9/h5-6,10,13H,4,7H2,1-3H3. The molecule has 0 bridgehead atoms. The third-order valence-electron chi connectivity index (χ3n) is 2.88. The Morgan fingerprint density at radius 1 is 1.57 bits per heavy atom. The molecule has 1 atom stereocenters. The van der Waals surface area contributed by atoms with Gasteiger partial charge in [-0.15, -0.1) is 11.3 Å². The van der Waals surface area contributed by atoms with E-state index in [0.717, 1.165) is 17.3 Å². The molecule has 1 aromatic rings. The molecule has 0 aliphatic heterocycles. The summed E-state index contributed by atoms with van der Waals surface area (Å²) in [5.41, 5.74) is 0.00340. The molecule has 80 valence electrons. The molecule has 14 heavy (non-hydrogen) atoms. The number of halogens is 1. The zero-order valence-electron chi connectivity index (χ0n) is 8.88. The molecule has 0 spiro atoms. The Morgan fingerprint density at radius 3 is 2.64 bits per heavy atom. The molecule has 0 aliphatic rings. The van der Waals surface area contributed by atoms with Crippen molar-refractivity contribution in [3.05, 3.63) is 20.8 Å². The Labute approximate surface area is 98.3 Å². The van der Waals surface area contributed by atoms with Crippen LogP contribution in [0, 0.1) is 5.41 Å². The summed E-state index contributed by atoms with van der Waals surface area (Å²) in [6.07, 6.45) is 1.48. The number of aliphatic hydroxyl groups excluding tert-OH is 1. The smallest absolute Gasteiger partial charge is 0.0639 e. The Hall–Kier alpha value is 0.140. The summed E-state index contributed by atoms with van der Waals surface area (Å²) in [5, 5.41) is 12.1. The lowest BCUT2D eigenvalue weighted by Gasteiger charge is -2.29. The van der Waals surface area contributed by atoms with E-state index in [1.807, 2.05) is 11.4 Å². The third kappa shape index (κ3) is 2.81. The van der Waals surface area contributed by atoms with E-state index in [4.69, 9.17) is 0 Å². The van der Waals surface area contributed by atoms with Crippen LogP contribution in [0.2, 0.25) is 0 Å². The van der Waals surface area contributed by atoms with Crippen LogP contribution in [0.4, 0.5) is 0 Å². The number of thiophene rings is 1. The van der Waals surface area contributed by atoms with E-state index in [9.17, 15) is 5.11 Å². The van der Waals surface area contributed by atoms with Gasteiger partial charge in [-0.25, -0.2) is 0 Å². The van der Waals surface area contributed by atoms with Crippen LogP contribution >= 0.6 is 27.3 Å². The highest BCUT2D eigenvalue weighted by molar-refractivity contribution is 9.10. The molecular weight excluding hydrogens is 260 g/mol. The third-order valence-corrected chi connectivity index (χ3v) is 4.83. The van der Waals surface area contributed by atoms with E-state index in [-0.39, 0.29) is 11.5 Å². The van der Waals surface area contributed by atoms with Crippen LogP contribution in [0.1, 0.15) is 32.1 Å². The summed E-state index contributed by atoms with van der Waals surface area (Å²) in [4.78, 5) is 1.24. The molecule has 1 heterocycles. The Balaban J connectivity index is 2.66. The summed E-state index contributed by atoms with van der Waals surface area (Å²) >= 11 is 5.18. The molecule has 0 radical (unpaired) electrons. The molecular formula is C11H17BrOS. The van der Waals surface area contributed by atoms with Crippen LogP contribution in [0.3, 0.4) is 0 Å². The maximum atomic E-state index is 10.1. The van der Waals surface area contributed by atoms with Crippen LogP contribution in [0.25, 0.3) is 0 Å². The first-order chi connectivity index (χ1) is 6.47. The van der Waals surface area contributed by atoms with Gasteiger partial charge in [-0.3, -0.25) is 0 Å². The Morgan fingerprint density at radius 2 is 2.21 bits per heavy atom. The minimum atomic E-state index is -0.262. The van der Waals surface area contributed by atoms with Crippen LogP contribution in [-0.4, -0.2) is 11.2 Å². The van der Waals surface area contributed by atoms with Gasteiger partial charge >= 0.3 is 0 Å². The fourth-order valence-electron chi connectivity index (χ4n) is 1.16.